The summed E-state index contributed by atoms with van der Waals surface area (Å²) in [5.41, 5.74) is 2.92. The first-order valence-corrected chi connectivity index (χ1v) is 11.9. The van der Waals surface area contributed by atoms with Gasteiger partial charge in [-0.1, -0.05) is 72.3 Å². The molecule has 0 bridgehead atoms. The molecule has 0 spiro atoms. The molecule has 0 radical (unpaired) electrons. The van der Waals surface area contributed by atoms with Gasteiger partial charge in [-0.15, -0.1) is 0 Å². The highest BCUT2D eigenvalue weighted by Gasteiger charge is 2.31. The summed E-state index contributed by atoms with van der Waals surface area (Å²) in [5.74, 6) is 0.866. The average Bonchev–Trinajstić information content (AvgIpc) is 3.29. The number of rotatable bonds is 6. The highest BCUT2D eigenvalue weighted by atomic mass is 35.5. The quantitative estimate of drug-likeness (QED) is 0.375. The van der Waals surface area contributed by atoms with Crippen molar-refractivity contribution in [3.8, 4) is 0 Å². The Balaban J connectivity index is 1.44. The molecule has 1 amide bonds. The fraction of sp³-hybridized carbons (Fsp3) is 0.207. The minimum atomic E-state index is 0.0217. The van der Waals surface area contributed by atoms with E-state index in [1.807, 2.05) is 59.5 Å². The largest absolute Gasteiger partial charge is 0.316 e. The van der Waals surface area contributed by atoms with Gasteiger partial charge in [0.2, 0.25) is 0 Å². The van der Waals surface area contributed by atoms with Gasteiger partial charge in [-0.2, -0.15) is 0 Å². The number of halogens is 1. The van der Waals surface area contributed by atoms with Gasteiger partial charge in [-0.3, -0.25) is 4.79 Å². The second-order valence-corrected chi connectivity index (χ2v) is 9.26. The Morgan fingerprint density at radius 1 is 0.818 bits per heavy atom. The van der Waals surface area contributed by atoms with Crippen LogP contribution in [0.2, 0.25) is 5.02 Å². The fourth-order valence-corrected chi connectivity index (χ4v) is 4.92. The Morgan fingerprint density at radius 2 is 1.52 bits per heavy atom. The third-order valence-corrected chi connectivity index (χ3v) is 6.87. The van der Waals surface area contributed by atoms with E-state index >= 15 is 0 Å². The number of benzene rings is 4. The summed E-state index contributed by atoms with van der Waals surface area (Å²) in [6.07, 6.45) is 1.01. The van der Waals surface area contributed by atoms with Gasteiger partial charge in [0.25, 0.3) is 5.91 Å². The topological polar surface area (TPSA) is 32.3 Å². The molecule has 4 heteroatoms. The summed E-state index contributed by atoms with van der Waals surface area (Å²) >= 11 is 6.15. The highest BCUT2D eigenvalue weighted by Crippen LogP contribution is 2.28. The second-order valence-electron chi connectivity index (χ2n) is 8.82. The van der Waals surface area contributed by atoms with Crippen LogP contribution in [-0.2, 0) is 6.42 Å². The van der Waals surface area contributed by atoms with E-state index in [0.717, 1.165) is 36.0 Å². The van der Waals surface area contributed by atoms with E-state index in [0.29, 0.717) is 29.0 Å². The zero-order valence-corrected chi connectivity index (χ0v) is 19.2. The van der Waals surface area contributed by atoms with Crippen molar-refractivity contribution < 1.29 is 4.79 Å². The fourth-order valence-electron chi connectivity index (χ4n) is 4.80. The van der Waals surface area contributed by atoms with Crippen molar-refractivity contribution in [2.75, 3.05) is 24.5 Å². The van der Waals surface area contributed by atoms with Gasteiger partial charge in [-0.25, -0.2) is 0 Å². The van der Waals surface area contributed by atoms with Crippen molar-refractivity contribution in [1.29, 1.82) is 0 Å². The third-order valence-electron chi connectivity index (χ3n) is 6.62. The smallest absolute Gasteiger partial charge is 0.258 e. The lowest BCUT2D eigenvalue weighted by Crippen LogP contribution is -2.38. The van der Waals surface area contributed by atoms with Gasteiger partial charge in [-0.05, 0) is 84.1 Å². The maximum absolute atomic E-state index is 13.8. The summed E-state index contributed by atoms with van der Waals surface area (Å²) in [7, 11) is 0. The van der Waals surface area contributed by atoms with Crippen LogP contribution in [0.5, 0.6) is 0 Å². The molecule has 5 rings (SSSR count). The van der Waals surface area contributed by atoms with Crippen LogP contribution in [0.15, 0.2) is 97.1 Å². The van der Waals surface area contributed by atoms with Gasteiger partial charge in [0, 0.05) is 22.8 Å². The number of hydrogen-bond donors (Lipinski definition) is 1. The Hall–Kier alpha value is -3.14. The maximum atomic E-state index is 13.8. The zero-order chi connectivity index (χ0) is 22.6. The lowest BCUT2D eigenvalue weighted by Gasteiger charge is -2.29. The number of carbonyl (C=O) groups excluding carboxylic acids is 1. The molecule has 4 aromatic carbocycles. The van der Waals surface area contributed by atoms with Crippen LogP contribution in [0.25, 0.3) is 10.8 Å². The molecular formula is C29H27ClN2O. The average molecular weight is 455 g/mol. The Bertz CT molecular complexity index is 1240. The van der Waals surface area contributed by atoms with Gasteiger partial charge in [0.15, 0.2) is 0 Å². The van der Waals surface area contributed by atoms with Crippen molar-refractivity contribution in [3.63, 3.8) is 0 Å². The van der Waals surface area contributed by atoms with Crippen LogP contribution in [-0.4, -0.2) is 25.5 Å². The lowest BCUT2D eigenvalue weighted by atomic mass is 9.89. The number of nitrogens with one attached hydrogen (secondary N) is 1. The van der Waals surface area contributed by atoms with Crippen molar-refractivity contribution in [1.82, 2.24) is 5.32 Å². The van der Waals surface area contributed by atoms with Gasteiger partial charge in [0.1, 0.15) is 0 Å². The molecule has 0 aromatic heterocycles. The molecule has 1 N–H and O–H groups in total. The highest BCUT2D eigenvalue weighted by molar-refractivity contribution is 6.30. The summed E-state index contributed by atoms with van der Waals surface area (Å²) in [5, 5.41) is 6.43. The molecule has 1 aliphatic heterocycles. The lowest BCUT2D eigenvalue weighted by molar-refractivity contribution is 0.0981. The van der Waals surface area contributed by atoms with Gasteiger partial charge in [0.05, 0.1) is 0 Å². The van der Waals surface area contributed by atoms with E-state index < -0.39 is 0 Å². The standard InChI is InChI=1S/C29H27ClN2O/c30-27-12-14-28(15-13-27)32(29(33)24-11-10-22-8-4-5-9-23(22)17-24)20-26-19-31-18-25(26)16-21-6-2-1-3-7-21/h1-15,17,25-26,31H,16,18-20H2/t25-,26+/m0/s1. The predicted molar refractivity (Wildman–Crippen MR) is 137 cm³/mol. The zero-order valence-electron chi connectivity index (χ0n) is 18.5. The molecule has 1 saturated heterocycles. The van der Waals surface area contributed by atoms with E-state index in [1.54, 1.807) is 0 Å². The van der Waals surface area contributed by atoms with Crippen LogP contribution in [0, 0.1) is 11.8 Å². The summed E-state index contributed by atoms with van der Waals surface area (Å²) in [6.45, 7) is 2.54. The summed E-state index contributed by atoms with van der Waals surface area (Å²) in [4.78, 5) is 15.7. The van der Waals surface area contributed by atoms with Crippen LogP contribution < -0.4 is 10.2 Å². The van der Waals surface area contributed by atoms with Crippen molar-refractivity contribution in [2.45, 2.75) is 6.42 Å². The van der Waals surface area contributed by atoms with Gasteiger partial charge < -0.3 is 10.2 Å². The number of anilines is 1. The van der Waals surface area contributed by atoms with E-state index in [4.69, 9.17) is 11.6 Å². The summed E-state index contributed by atoms with van der Waals surface area (Å²) < 4.78 is 0. The molecule has 1 fully saturated rings. The Labute approximate surface area is 200 Å². The van der Waals surface area contributed by atoms with Crippen molar-refractivity contribution in [2.24, 2.45) is 11.8 Å². The molecule has 166 valence electrons. The van der Waals surface area contributed by atoms with Crippen LogP contribution in [0.4, 0.5) is 5.69 Å². The van der Waals surface area contributed by atoms with E-state index in [1.165, 1.54) is 5.56 Å². The number of carbonyl (C=O) groups is 1. The first-order valence-electron chi connectivity index (χ1n) is 11.5. The molecule has 0 aliphatic carbocycles. The molecule has 0 saturated carbocycles. The SMILES string of the molecule is O=C(c1ccc2ccccc2c1)N(C[C@H]1CNC[C@@H]1Cc1ccccc1)c1ccc(Cl)cc1. The number of amides is 1. The van der Waals surface area contributed by atoms with Crippen molar-refractivity contribution in [3.05, 3.63) is 113 Å². The normalized spacial score (nSPS) is 17.8. The monoisotopic (exact) mass is 454 g/mol. The van der Waals surface area contributed by atoms with Crippen LogP contribution in [0.3, 0.4) is 0 Å². The first kappa shape index (κ1) is 21.7. The molecule has 3 nitrogen and oxygen atoms in total. The molecule has 1 aliphatic rings. The van der Waals surface area contributed by atoms with Crippen molar-refractivity contribution >= 4 is 34.0 Å². The van der Waals surface area contributed by atoms with Crippen LogP contribution >= 0.6 is 11.6 Å². The number of fused-ring (bicyclic) bond motifs is 1. The Morgan fingerprint density at radius 3 is 2.30 bits per heavy atom. The maximum Gasteiger partial charge on any atom is 0.258 e. The predicted octanol–water partition coefficient (Wildman–Crippen LogP) is 6.22. The first-order chi connectivity index (χ1) is 16.2. The molecular weight excluding hydrogens is 428 g/mol. The molecule has 4 aromatic rings. The molecule has 33 heavy (non-hydrogen) atoms. The van der Waals surface area contributed by atoms with Crippen LogP contribution in [0.1, 0.15) is 15.9 Å². The number of nitrogens with zero attached hydrogens (tertiary/aromatic N) is 1. The summed E-state index contributed by atoms with van der Waals surface area (Å²) in [6, 6.07) is 32.3. The van der Waals surface area contributed by atoms with E-state index in [9.17, 15) is 4.79 Å². The number of hydrogen-bond acceptors (Lipinski definition) is 2. The second kappa shape index (κ2) is 9.78. The van der Waals surface area contributed by atoms with E-state index in [-0.39, 0.29) is 5.91 Å². The third kappa shape index (κ3) is 4.95. The molecule has 0 unspecified atom stereocenters. The minimum absolute atomic E-state index is 0.0217. The molecule has 2 atom stereocenters. The Kier molecular flexibility index (Phi) is 6.43. The minimum Gasteiger partial charge on any atom is -0.316 e. The van der Waals surface area contributed by atoms with Gasteiger partial charge >= 0.3 is 0 Å². The van der Waals surface area contributed by atoms with E-state index in [2.05, 4.69) is 47.8 Å². The molecule has 1 heterocycles.